The van der Waals surface area contributed by atoms with Gasteiger partial charge in [0, 0.05) is 49.3 Å². The fourth-order valence-electron chi connectivity index (χ4n) is 8.88. The Kier molecular flexibility index (Phi) is 6.27. The van der Waals surface area contributed by atoms with Gasteiger partial charge in [-0.1, -0.05) is 135 Å². The van der Waals surface area contributed by atoms with Gasteiger partial charge in [-0.3, -0.25) is 0 Å². The number of para-hydroxylation sites is 2. The van der Waals surface area contributed by atoms with Gasteiger partial charge in [0.2, 0.25) is 0 Å². The van der Waals surface area contributed by atoms with Gasteiger partial charge in [0.1, 0.15) is 11.2 Å². The molecule has 0 radical (unpaired) electrons. The topological polar surface area (TPSA) is 43.9 Å². The standard InChI is InChI=1S/C49H33N3O/c1-49(2)46-34(35-26-28-43-45(47(35)49)37-18-10-12-20-42(37)53-43)25-27-41-44(46)36-17-9-11-19-40(36)52(41)33-23-21-31(22-24-33)39-29-38(30-13-5-3-6-14-30)50-48(51-39)32-15-7-4-8-16-32/h3-29H,1-2H3. The van der Waals surface area contributed by atoms with E-state index in [1.165, 1.54) is 54.8 Å². The van der Waals surface area contributed by atoms with Crippen molar-refractivity contribution in [3.05, 3.63) is 175 Å². The smallest absolute Gasteiger partial charge is 0.160 e. The third-order valence-electron chi connectivity index (χ3n) is 11.2. The van der Waals surface area contributed by atoms with Crippen molar-refractivity contribution in [1.82, 2.24) is 14.5 Å². The SMILES string of the molecule is CC1(C)c2c(ccc3oc4ccccc4c23)-c2ccc3c(c21)c1ccccc1n3-c1ccc(-c2cc(-c3ccccc3)nc(-c3ccccc3)n2)cc1. The number of aromatic nitrogens is 3. The summed E-state index contributed by atoms with van der Waals surface area (Å²) >= 11 is 0. The summed E-state index contributed by atoms with van der Waals surface area (Å²) < 4.78 is 8.80. The largest absolute Gasteiger partial charge is 0.456 e. The van der Waals surface area contributed by atoms with E-state index in [0.717, 1.165) is 44.9 Å². The zero-order valence-corrected chi connectivity index (χ0v) is 29.3. The molecule has 0 spiro atoms. The molecule has 0 bridgehead atoms. The van der Waals surface area contributed by atoms with Crippen LogP contribution < -0.4 is 0 Å². The van der Waals surface area contributed by atoms with Gasteiger partial charge in [-0.2, -0.15) is 0 Å². The van der Waals surface area contributed by atoms with Gasteiger partial charge in [-0.25, -0.2) is 9.97 Å². The lowest BCUT2D eigenvalue weighted by Gasteiger charge is -2.23. The molecule has 0 N–H and O–H groups in total. The molecule has 0 amide bonds. The predicted molar refractivity (Wildman–Crippen MR) is 218 cm³/mol. The highest BCUT2D eigenvalue weighted by atomic mass is 16.3. The molecule has 53 heavy (non-hydrogen) atoms. The van der Waals surface area contributed by atoms with Crippen molar-refractivity contribution < 1.29 is 4.42 Å². The minimum atomic E-state index is -0.255. The van der Waals surface area contributed by atoms with Gasteiger partial charge in [-0.05, 0) is 64.7 Å². The van der Waals surface area contributed by atoms with E-state index in [9.17, 15) is 0 Å². The zero-order chi connectivity index (χ0) is 35.3. The number of furan rings is 1. The lowest BCUT2D eigenvalue weighted by molar-refractivity contribution is 0.660. The fourth-order valence-corrected chi connectivity index (χ4v) is 8.88. The van der Waals surface area contributed by atoms with Crippen molar-refractivity contribution in [3.8, 4) is 50.7 Å². The Morgan fingerprint density at radius 2 is 1.06 bits per heavy atom. The Bertz CT molecular complexity index is 3000. The molecule has 0 atom stereocenters. The first-order valence-electron chi connectivity index (χ1n) is 18.2. The molecule has 0 unspecified atom stereocenters. The summed E-state index contributed by atoms with van der Waals surface area (Å²) in [4.78, 5) is 10.1. The molecule has 3 aromatic heterocycles. The summed E-state index contributed by atoms with van der Waals surface area (Å²) in [6.07, 6.45) is 0. The molecule has 11 rings (SSSR count). The average Bonchev–Trinajstić information content (AvgIpc) is 3.83. The molecule has 0 saturated heterocycles. The lowest BCUT2D eigenvalue weighted by atomic mass is 9.79. The summed E-state index contributed by atoms with van der Waals surface area (Å²) in [7, 11) is 0. The van der Waals surface area contributed by atoms with Crippen LogP contribution in [0, 0.1) is 0 Å². The monoisotopic (exact) mass is 679 g/mol. The van der Waals surface area contributed by atoms with Crippen LogP contribution in [0.3, 0.4) is 0 Å². The molecule has 0 fully saturated rings. The van der Waals surface area contributed by atoms with Gasteiger partial charge in [0.15, 0.2) is 5.82 Å². The molecular weight excluding hydrogens is 647 g/mol. The van der Waals surface area contributed by atoms with Crippen LogP contribution in [0.25, 0.3) is 94.5 Å². The molecule has 3 heterocycles. The van der Waals surface area contributed by atoms with Crippen LogP contribution in [0.5, 0.6) is 0 Å². The molecule has 250 valence electrons. The van der Waals surface area contributed by atoms with Crippen LogP contribution >= 0.6 is 0 Å². The van der Waals surface area contributed by atoms with Crippen LogP contribution in [-0.4, -0.2) is 14.5 Å². The second-order valence-electron chi connectivity index (χ2n) is 14.6. The van der Waals surface area contributed by atoms with Crippen LogP contribution in [0.15, 0.2) is 168 Å². The Morgan fingerprint density at radius 1 is 0.472 bits per heavy atom. The Balaban J connectivity index is 1.08. The van der Waals surface area contributed by atoms with Crippen molar-refractivity contribution in [2.45, 2.75) is 19.3 Å². The highest BCUT2D eigenvalue weighted by Gasteiger charge is 2.40. The van der Waals surface area contributed by atoms with Crippen molar-refractivity contribution >= 4 is 43.7 Å². The van der Waals surface area contributed by atoms with E-state index in [4.69, 9.17) is 14.4 Å². The third kappa shape index (κ3) is 4.36. The Morgan fingerprint density at radius 3 is 1.79 bits per heavy atom. The first-order valence-corrected chi connectivity index (χ1v) is 18.2. The molecule has 4 nitrogen and oxygen atoms in total. The number of hydrogen-bond acceptors (Lipinski definition) is 3. The molecule has 7 aromatic carbocycles. The first kappa shape index (κ1) is 29.9. The maximum Gasteiger partial charge on any atom is 0.160 e. The summed E-state index contributed by atoms with van der Waals surface area (Å²) in [5.41, 5.74) is 15.3. The molecule has 1 aliphatic rings. The van der Waals surface area contributed by atoms with Gasteiger partial charge >= 0.3 is 0 Å². The molecule has 0 aliphatic heterocycles. The number of nitrogens with zero attached hydrogens (tertiary/aromatic N) is 3. The number of hydrogen-bond donors (Lipinski definition) is 0. The Hall–Kier alpha value is -6.78. The van der Waals surface area contributed by atoms with E-state index in [-0.39, 0.29) is 5.41 Å². The quantitative estimate of drug-likeness (QED) is 0.186. The number of benzene rings is 7. The maximum atomic E-state index is 6.38. The lowest BCUT2D eigenvalue weighted by Crippen LogP contribution is -2.16. The third-order valence-corrected chi connectivity index (χ3v) is 11.2. The van der Waals surface area contributed by atoms with Gasteiger partial charge < -0.3 is 8.98 Å². The molecule has 0 saturated carbocycles. The predicted octanol–water partition coefficient (Wildman–Crippen LogP) is 12.8. The van der Waals surface area contributed by atoms with Crippen LogP contribution in [0.1, 0.15) is 25.0 Å². The van der Waals surface area contributed by atoms with Crippen molar-refractivity contribution in [3.63, 3.8) is 0 Å². The van der Waals surface area contributed by atoms with Crippen molar-refractivity contribution in [2.75, 3.05) is 0 Å². The average molecular weight is 680 g/mol. The van der Waals surface area contributed by atoms with E-state index >= 15 is 0 Å². The van der Waals surface area contributed by atoms with E-state index in [0.29, 0.717) is 5.82 Å². The summed E-state index contributed by atoms with van der Waals surface area (Å²) in [5.74, 6) is 0.714. The van der Waals surface area contributed by atoms with Gasteiger partial charge in [0.05, 0.1) is 22.4 Å². The highest BCUT2D eigenvalue weighted by molar-refractivity contribution is 6.17. The maximum absolute atomic E-state index is 6.38. The fraction of sp³-hybridized carbons (Fsp3) is 0.0612. The minimum Gasteiger partial charge on any atom is -0.456 e. The van der Waals surface area contributed by atoms with Crippen LogP contribution in [-0.2, 0) is 5.41 Å². The van der Waals surface area contributed by atoms with E-state index in [1.807, 2.05) is 30.3 Å². The molecule has 1 aliphatic carbocycles. The zero-order valence-electron chi connectivity index (χ0n) is 29.3. The normalized spacial score (nSPS) is 13.2. The summed E-state index contributed by atoms with van der Waals surface area (Å²) in [6.45, 7) is 4.77. The minimum absolute atomic E-state index is 0.255. The van der Waals surface area contributed by atoms with Crippen molar-refractivity contribution in [2.24, 2.45) is 0 Å². The van der Waals surface area contributed by atoms with Gasteiger partial charge in [-0.15, -0.1) is 0 Å². The first-order chi connectivity index (χ1) is 26.0. The van der Waals surface area contributed by atoms with E-state index in [2.05, 4.69) is 152 Å². The molecular formula is C49H33N3O. The molecule has 10 aromatic rings. The second kappa shape index (κ2) is 11.1. The molecule has 4 heteroatoms. The number of fused-ring (bicyclic) bond motifs is 11. The van der Waals surface area contributed by atoms with Crippen LogP contribution in [0.2, 0.25) is 0 Å². The Labute approximate surface area is 306 Å². The summed E-state index contributed by atoms with van der Waals surface area (Å²) in [5, 5.41) is 4.96. The second-order valence-corrected chi connectivity index (χ2v) is 14.6. The van der Waals surface area contributed by atoms with Crippen LogP contribution in [0.4, 0.5) is 0 Å². The van der Waals surface area contributed by atoms with E-state index < -0.39 is 0 Å². The summed E-state index contributed by atoms with van der Waals surface area (Å²) in [6, 6.07) is 57.8. The van der Waals surface area contributed by atoms with E-state index in [1.54, 1.807) is 0 Å². The highest BCUT2D eigenvalue weighted by Crippen LogP contribution is 2.56. The van der Waals surface area contributed by atoms with Crippen molar-refractivity contribution in [1.29, 1.82) is 0 Å². The number of rotatable bonds is 4. The van der Waals surface area contributed by atoms with Gasteiger partial charge in [0.25, 0.3) is 0 Å².